The first-order valence-electron chi connectivity index (χ1n) is 8.52. The summed E-state index contributed by atoms with van der Waals surface area (Å²) >= 11 is 1.42. The van der Waals surface area contributed by atoms with E-state index in [0.29, 0.717) is 11.4 Å². The van der Waals surface area contributed by atoms with Gasteiger partial charge in [0, 0.05) is 24.4 Å². The molecule has 4 rings (SSSR count). The Hall–Kier alpha value is -2.73. The molecule has 5 nitrogen and oxygen atoms in total. The maximum atomic E-state index is 12.3. The van der Waals surface area contributed by atoms with Crippen molar-refractivity contribution in [1.82, 2.24) is 15.3 Å². The predicted molar refractivity (Wildman–Crippen MR) is 102 cm³/mol. The zero-order valence-corrected chi connectivity index (χ0v) is 15.5. The third-order valence-electron chi connectivity index (χ3n) is 4.40. The summed E-state index contributed by atoms with van der Waals surface area (Å²) in [7, 11) is 0. The lowest BCUT2D eigenvalue weighted by molar-refractivity contribution is 0.0937. The number of fused-ring (bicyclic) bond motifs is 1. The van der Waals surface area contributed by atoms with Crippen molar-refractivity contribution < 1.29 is 9.53 Å². The quantitative estimate of drug-likeness (QED) is 0.768. The van der Waals surface area contributed by atoms with E-state index in [9.17, 15) is 4.79 Å². The molecular weight excluding hydrogens is 346 g/mol. The standard InChI is InChI=1S/C20H19N3O2S/c1-12-19(26-13(2)23-12)20(24)22-11-17-9-16-8-14(5-6-18(16)25-17)15-4-3-7-21-10-15/h3-8,10,17H,9,11H2,1-2H3,(H,22,24). The lowest BCUT2D eigenvalue weighted by Gasteiger charge is -2.11. The Labute approximate surface area is 156 Å². The van der Waals surface area contributed by atoms with Gasteiger partial charge in [0.1, 0.15) is 16.7 Å². The molecule has 1 aromatic carbocycles. The number of rotatable bonds is 4. The van der Waals surface area contributed by atoms with Crippen molar-refractivity contribution in [2.24, 2.45) is 0 Å². The van der Waals surface area contributed by atoms with Crippen molar-refractivity contribution in [2.45, 2.75) is 26.4 Å². The van der Waals surface area contributed by atoms with Crippen LogP contribution < -0.4 is 10.1 Å². The van der Waals surface area contributed by atoms with Crippen LogP contribution in [0.1, 0.15) is 25.9 Å². The van der Waals surface area contributed by atoms with Crippen LogP contribution in [0.5, 0.6) is 5.75 Å². The predicted octanol–water partition coefficient (Wildman–Crippen LogP) is 3.56. The van der Waals surface area contributed by atoms with Crippen molar-refractivity contribution in [2.75, 3.05) is 6.54 Å². The molecule has 0 saturated heterocycles. The van der Waals surface area contributed by atoms with Gasteiger partial charge in [-0.15, -0.1) is 11.3 Å². The summed E-state index contributed by atoms with van der Waals surface area (Å²) in [5.41, 5.74) is 4.15. The van der Waals surface area contributed by atoms with Gasteiger partial charge in [0.2, 0.25) is 0 Å². The first-order chi connectivity index (χ1) is 12.6. The number of aryl methyl sites for hydroxylation is 2. The third kappa shape index (κ3) is 3.32. The molecule has 0 aliphatic carbocycles. The normalized spacial score (nSPS) is 15.4. The topological polar surface area (TPSA) is 64.1 Å². The second-order valence-electron chi connectivity index (χ2n) is 6.37. The van der Waals surface area contributed by atoms with Gasteiger partial charge in [0.25, 0.3) is 5.91 Å². The molecule has 0 radical (unpaired) electrons. The van der Waals surface area contributed by atoms with E-state index in [4.69, 9.17) is 4.74 Å². The fourth-order valence-corrected chi connectivity index (χ4v) is 4.01. The van der Waals surface area contributed by atoms with Crippen LogP contribution in [0.15, 0.2) is 42.7 Å². The maximum Gasteiger partial charge on any atom is 0.263 e. The van der Waals surface area contributed by atoms with E-state index in [0.717, 1.165) is 39.6 Å². The summed E-state index contributed by atoms with van der Waals surface area (Å²) in [4.78, 5) is 21.5. The SMILES string of the molecule is Cc1nc(C)c(C(=O)NCC2Cc3cc(-c4cccnc4)ccc3O2)s1. The third-order valence-corrected chi connectivity index (χ3v) is 5.47. The van der Waals surface area contributed by atoms with E-state index in [1.54, 1.807) is 6.20 Å². The molecule has 1 aliphatic heterocycles. The molecule has 0 bridgehead atoms. The Kier molecular flexibility index (Phi) is 4.42. The molecule has 3 heterocycles. The van der Waals surface area contributed by atoms with Gasteiger partial charge in [-0.3, -0.25) is 9.78 Å². The van der Waals surface area contributed by atoms with E-state index >= 15 is 0 Å². The second-order valence-corrected chi connectivity index (χ2v) is 7.57. The van der Waals surface area contributed by atoms with Gasteiger partial charge in [-0.1, -0.05) is 12.1 Å². The van der Waals surface area contributed by atoms with Crippen LogP contribution >= 0.6 is 11.3 Å². The number of hydrogen-bond donors (Lipinski definition) is 1. The van der Waals surface area contributed by atoms with Crippen LogP contribution in [0.2, 0.25) is 0 Å². The highest BCUT2D eigenvalue weighted by atomic mass is 32.1. The van der Waals surface area contributed by atoms with Crippen molar-refractivity contribution in [3.05, 3.63) is 63.9 Å². The first-order valence-corrected chi connectivity index (χ1v) is 9.34. The highest BCUT2D eigenvalue weighted by molar-refractivity contribution is 7.13. The Bertz CT molecular complexity index is 953. The summed E-state index contributed by atoms with van der Waals surface area (Å²) in [6.07, 6.45) is 4.36. The van der Waals surface area contributed by atoms with Crippen molar-refractivity contribution >= 4 is 17.2 Å². The minimum absolute atomic E-state index is 0.0487. The molecule has 6 heteroatoms. The fourth-order valence-electron chi connectivity index (χ4n) is 3.18. The van der Waals surface area contributed by atoms with Crippen LogP contribution in [-0.4, -0.2) is 28.5 Å². The van der Waals surface area contributed by atoms with Gasteiger partial charge >= 0.3 is 0 Å². The van der Waals surface area contributed by atoms with E-state index in [-0.39, 0.29) is 12.0 Å². The number of amides is 1. The summed E-state index contributed by atoms with van der Waals surface area (Å²) < 4.78 is 5.98. The molecule has 1 aliphatic rings. The number of pyridine rings is 1. The van der Waals surface area contributed by atoms with Gasteiger partial charge in [-0.05, 0) is 43.2 Å². The van der Waals surface area contributed by atoms with Crippen LogP contribution in [0, 0.1) is 13.8 Å². The van der Waals surface area contributed by atoms with E-state index in [1.165, 1.54) is 11.3 Å². The van der Waals surface area contributed by atoms with Crippen LogP contribution in [-0.2, 0) is 6.42 Å². The molecule has 2 aromatic heterocycles. The molecule has 132 valence electrons. The monoisotopic (exact) mass is 365 g/mol. The molecule has 1 atom stereocenters. The number of aromatic nitrogens is 2. The number of hydrogen-bond acceptors (Lipinski definition) is 5. The zero-order chi connectivity index (χ0) is 18.1. The maximum absolute atomic E-state index is 12.3. The fraction of sp³-hybridized carbons (Fsp3) is 0.250. The average molecular weight is 365 g/mol. The lowest BCUT2D eigenvalue weighted by Crippen LogP contribution is -2.34. The minimum atomic E-state index is -0.0799. The molecule has 0 saturated carbocycles. The number of carbonyl (C=O) groups is 1. The number of ether oxygens (including phenoxy) is 1. The smallest absolute Gasteiger partial charge is 0.263 e. The number of nitrogens with one attached hydrogen (secondary N) is 1. The van der Waals surface area contributed by atoms with E-state index in [1.807, 2.05) is 44.3 Å². The Morgan fingerprint density at radius 2 is 2.19 bits per heavy atom. The molecule has 1 unspecified atom stereocenters. The molecular formula is C20H19N3O2S. The summed E-state index contributed by atoms with van der Waals surface area (Å²) in [6, 6.07) is 10.2. The summed E-state index contributed by atoms with van der Waals surface area (Å²) in [5, 5.41) is 3.88. The van der Waals surface area contributed by atoms with Crippen molar-refractivity contribution in [3.8, 4) is 16.9 Å². The van der Waals surface area contributed by atoms with Crippen molar-refractivity contribution in [3.63, 3.8) is 0 Å². The first kappa shape index (κ1) is 16.7. The molecule has 3 aromatic rings. The largest absolute Gasteiger partial charge is 0.488 e. The van der Waals surface area contributed by atoms with Gasteiger partial charge in [-0.2, -0.15) is 0 Å². The second kappa shape index (κ2) is 6.88. The van der Waals surface area contributed by atoms with Gasteiger partial charge in [-0.25, -0.2) is 4.98 Å². The Morgan fingerprint density at radius 3 is 2.92 bits per heavy atom. The van der Waals surface area contributed by atoms with Crippen LogP contribution in [0.4, 0.5) is 0 Å². The van der Waals surface area contributed by atoms with Gasteiger partial charge in [0.15, 0.2) is 0 Å². The van der Waals surface area contributed by atoms with E-state index in [2.05, 4.69) is 21.4 Å². The average Bonchev–Trinajstić information content (AvgIpc) is 3.21. The number of thiazole rings is 1. The molecule has 26 heavy (non-hydrogen) atoms. The number of carbonyl (C=O) groups excluding carboxylic acids is 1. The summed E-state index contributed by atoms with van der Waals surface area (Å²) in [5.74, 6) is 0.811. The Balaban J connectivity index is 1.41. The highest BCUT2D eigenvalue weighted by Gasteiger charge is 2.24. The molecule has 0 spiro atoms. The number of benzene rings is 1. The van der Waals surface area contributed by atoms with Gasteiger partial charge in [0.05, 0.1) is 17.2 Å². The zero-order valence-electron chi connectivity index (χ0n) is 14.7. The van der Waals surface area contributed by atoms with E-state index < -0.39 is 0 Å². The number of nitrogens with zero attached hydrogens (tertiary/aromatic N) is 2. The molecule has 1 amide bonds. The highest BCUT2D eigenvalue weighted by Crippen LogP contribution is 2.32. The Morgan fingerprint density at radius 1 is 1.31 bits per heavy atom. The van der Waals surface area contributed by atoms with Crippen LogP contribution in [0.25, 0.3) is 11.1 Å². The summed E-state index contributed by atoms with van der Waals surface area (Å²) in [6.45, 7) is 4.25. The minimum Gasteiger partial charge on any atom is -0.488 e. The van der Waals surface area contributed by atoms with Gasteiger partial charge < -0.3 is 10.1 Å². The molecule has 0 fully saturated rings. The molecule has 1 N–H and O–H groups in total. The lowest BCUT2D eigenvalue weighted by atomic mass is 10.0. The van der Waals surface area contributed by atoms with Crippen LogP contribution in [0.3, 0.4) is 0 Å². The van der Waals surface area contributed by atoms with Crippen molar-refractivity contribution in [1.29, 1.82) is 0 Å².